The van der Waals surface area contributed by atoms with E-state index < -0.39 is 6.04 Å². The van der Waals surface area contributed by atoms with Crippen molar-refractivity contribution in [1.82, 2.24) is 4.98 Å². The Bertz CT molecular complexity index is 860. The molecule has 1 heterocycles. The average molecular weight is 348 g/mol. The van der Waals surface area contributed by atoms with Gasteiger partial charge >= 0.3 is 0 Å². The quantitative estimate of drug-likeness (QED) is 0.667. The average Bonchev–Trinajstić information content (AvgIpc) is 2.95. The van der Waals surface area contributed by atoms with E-state index in [9.17, 15) is 4.79 Å². The van der Waals surface area contributed by atoms with Crippen LogP contribution in [0.5, 0.6) is 0 Å². The van der Waals surface area contributed by atoms with E-state index in [0.717, 1.165) is 16.5 Å². The van der Waals surface area contributed by atoms with Crippen LogP contribution >= 0.6 is 23.2 Å². The van der Waals surface area contributed by atoms with Gasteiger partial charge in [0.05, 0.1) is 21.8 Å². The fourth-order valence-corrected chi connectivity index (χ4v) is 2.80. The van der Waals surface area contributed by atoms with Gasteiger partial charge in [0, 0.05) is 17.1 Å². The Morgan fingerprint density at radius 2 is 1.96 bits per heavy atom. The normalized spacial score (nSPS) is 12.3. The molecule has 3 rings (SSSR count). The lowest BCUT2D eigenvalue weighted by molar-refractivity contribution is -0.117. The Kier molecular flexibility index (Phi) is 4.57. The fourth-order valence-electron chi connectivity index (χ4n) is 2.46. The minimum absolute atomic E-state index is 0.306. The molecule has 0 aliphatic heterocycles. The van der Waals surface area contributed by atoms with Crippen molar-refractivity contribution < 1.29 is 4.79 Å². The van der Waals surface area contributed by atoms with E-state index in [4.69, 9.17) is 28.9 Å². The van der Waals surface area contributed by atoms with Crippen molar-refractivity contribution in [3.8, 4) is 0 Å². The van der Waals surface area contributed by atoms with Crippen LogP contribution in [0, 0.1) is 0 Å². The number of halogens is 2. The Hall–Kier alpha value is -2.01. The van der Waals surface area contributed by atoms with Crippen LogP contribution in [0.4, 0.5) is 5.69 Å². The van der Waals surface area contributed by atoms with Gasteiger partial charge in [-0.3, -0.25) is 4.79 Å². The molecule has 1 aromatic heterocycles. The molecule has 0 aliphatic carbocycles. The molecule has 2 aromatic carbocycles. The van der Waals surface area contributed by atoms with E-state index in [1.165, 1.54) is 0 Å². The molecule has 118 valence electrons. The van der Waals surface area contributed by atoms with Gasteiger partial charge in [-0.05, 0) is 30.2 Å². The van der Waals surface area contributed by atoms with Crippen molar-refractivity contribution in [3.05, 3.63) is 64.3 Å². The first-order chi connectivity index (χ1) is 11.1. The first kappa shape index (κ1) is 15.9. The lowest BCUT2D eigenvalue weighted by Gasteiger charge is -2.13. The van der Waals surface area contributed by atoms with Gasteiger partial charge in [-0.15, -0.1) is 0 Å². The Balaban J connectivity index is 1.74. The smallest absolute Gasteiger partial charge is 0.241 e. The van der Waals surface area contributed by atoms with Gasteiger partial charge in [-0.25, -0.2) is 0 Å². The molecule has 0 saturated heterocycles. The summed E-state index contributed by atoms with van der Waals surface area (Å²) in [7, 11) is 0. The zero-order valence-electron chi connectivity index (χ0n) is 12.1. The number of benzene rings is 2. The summed E-state index contributed by atoms with van der Waals surface area (Å²) in [6.07, 6.45) is 2.30. The van der Waals surface area contributed by atoms with Crippen molar-refractivity contribution >= 4 is 45.7 Å². The van der Waals surface area contributed by atoms with E-state index in [-0.39, 0.29) is 5.91 Å². The Morgan fingerprint density at radius 1 is 1.17 bits per heavy atom. The number of aromatic amines is 1. The van der Waals surface area contributed by atoms with Crippen LogP contribution in [0.3, 0.4) is 0 Å². The Labute approximate surface area is 143 Å². The van der Waals surface area contributed by atoms with Crippen LogP contribution < -0.4 is 11.1 Å². The molecule has 4 nitrogen and oxygen atoms in total. The number of para-hydroxylation sites is 1. The molecule has 3 aromatic rings. The molecule has 0 aliphatic rings. The minimum Gasteiger partial charge on any atom is -0.361 e. The summed E-state index contributed by atoms with van der Waals surface area (Å²) in [5.74, 6) is -0.306. The van der Waals surface area contributed by atoms with Crippen LogP contribution in [0.2, 0.25) is 10.0 Å². The molecular formula is C17H15Cl2N3O. The lowest BCUT2D eigenvalue weighted by Crippen LogP contribution is -2.37. The highest BCUT2D eigenvalue weighted by Gasteiger charge is 2.17. The second kappa shape index (κ2) is 6.62. The predicted octanol–water partition coefficient (Wildman–Crippen LogP) is 3.98. The van der Waals surface area contributed by atoms with Gasteiger partial charge < -0.3 is 16.0 Å². The second-order valence-electron chi connectivity index (χ2n) is 5.26. The number of anilines is 1. The summed E-state index contributed by atoms with van der Waals surface area (Å²) in [6, 6.07) is 12.3. The number of rotatable bonds is 4. The molecule has 1 atom stereocenters. The van der Waals surface area contributed by atoms with E-state index in [0.29, 0.717) is 22.2 Å². The summed E-state index contributed by atoms with van der Waals surface area (Å²) in [5.41, 5.74) is 8.51. The molecule has 4 N–H and O–H groups in total. The van der Waals surface area contributed by atoms with E-state index in [1.54, 1.807) is 18.2 Å². The number of aromatic nitrogens is 1. The molecular weight excluding hydrogens is 333 g/mol. The highest BCUT2D eigenvalue weighted by atomic mass is 35.5. The van der Waals surface area contributed by atoms with Gasteiger partial charge in [-0.1, -0.05) is 47.5 Å². The van der Waals surface area contributed by atoms with Gasteiger partial charge in [-0.2, -0.15) is 0 Å². The predicted molar refractivity (Wildman–Crippen MR) is 95.1 cm³/mol. The zero-order valence-corrected chi connectivity index (χ0v) is 13.7. The molecule has 23 heavy (non-hydrogen) atoms. The highest BCUT2D eigenvalue weighted by Crippen LogP contribution is 2.29. The van der Waals surface area contributed by atoms with Crippen LogP contribution in [0.1, 0.15) is 5.56 Å². The van der Waals surface area contributed by atoms with Crippen molar-refractivity contribution in [2.24, 2.45) is 5.73 Å². The third-order valence-electron chi connectivity index (χ3n) is 3.66. The maximum Gasteiger partial charge on any atom is 0.241 e. The molecule has 0 bridgehead atoms. The topological polar surface area (TPSA) is 70.9 Å². The molecule has 6 heteroatoms. The number of nitrogens with one attached hydrogen (secondary N) is 2. The number of nitrogens with two attached hydrogens (primary N) is 1. The molecule has 0 saturated carbocycles. The van der Waals surface area contributed by atoms with Crippen molar-refractivity contribution in [2.75, 3.05) is 5.32 Å². The van der Waals surface area contributed by atoms with Crippen molar-refractivity contribution in [2.45, 2.75) is 12.5 Å². The van der Waals surface area contributed by atoms with Crippen molar-refractivity contribution in [1.29, 1.82) is 0 Å². The summed E-state index contributed by atoms with van der Waals surface area (Å²) >= 11 is 12.0. The van der Waals surface area contributed by atoms with Crippen LogP contribution in [-0.2, 0) is 11.2 Å². The van der Waals surface area contributed by atoms with Gasteiger partial charge in [0.2, 0.25) is 5.91 Å². The van der Waals surface area contributed by atoms with Crippen LogP contribution in [0.25, 0.3) is 10.9 Å². The SMILES string of the molecule is NC(Cc1c[nH]c2ccccc12)C(=O)Nc1cccc(Cl)c1Cl. The highest BCUT2D eigenvalue weighted by molar-refractivity contribution is 6.44. The molecule has 0 fully saturated rings. The van der Waals surface area contributed by atoms with E-state index in [2.05, 4.69) is 10.3 Å². The second-order valence-corrected chi connectivity index (χ2v) is 6.05. The number of hydrogen-bond donors (Lipinski definition) is 3. The van der Waals surface area contributed by atoms with Gasteiger partial charge in [0.25, 0.3) is 0 Å². The summed E-state index contributed by atoms with van der Waals surface area (Å²) < 4.78 is 0. The first-order valence-electron chi connectivity index (χ1n) is 7.11. The monoisotopic (exact) mass is 347 g/mol. The lowest BCUT2D eigenvalue weighted by atomic mass is 10.0. The maximum absolute atomic E-state index is 12.3. The van der Waals surface area contributed by atoms with Crippen LogP contribution in [-0.4, -0.2) is 16.9 Å². The minimum atomic E-state index is -0.691. The molecule has 1 amide bonds. The Morgan fingerprint density at radius 3 is 2.78 bits per heavy atom. The largest absolute Gasteiger partial charge is 0.361 e. The summed E-state index contributed by atoms with van der Waals surface area (Å²) in [6.45, 7) is 0. The van der Waals surface area contributed by atoms with E-state index >= 15 is 0 Å². The van der Waals surface area contributed by atoms with Gasteiger partial charge in [0.15, 0.2) is 0 Å². The third-order valence-corrected chi connectivity index (χ3v) is 4.48. The number of H-pyrrole nitrogens is 1. The van der Waals surface area contributed by atoms with Crippen LogP contribution in [0.15, 0.2) is 48.7 Å². The maximum atomic E-state index is 12.3. The van der Waals surface area contributed by atoms with E-state index in [1.807, 2.05) is 30.5 Å². The van der Waals surface area contributed by atoms with Crippen molar-refractivity contribution in [3.63, 3.8) is 0 Å². The molecule has 1 unspecified atom stereocenters. The number of hydrogen-bond acceptors (Lipinski definition) is 2. The first-order valence-corrected chi connectivity index (χ1v) is 7.87. The number of amides is 1. The molecule has 0 spiro atoms. The standard InChI is InChI=1S/C17H15Cl2N3O/c18-12-5-3-7-15(16(12)19)22-17(23)13(20)8-10-9-21-14-6-2-1-4-11(10)14/h1-7,9,13,21H,8,20H2,(H,22,23). The summed E-state index contributed by atoms with van der Waals surface area (Å²) in [4.78, 5) is 15.5. The van der Waals surface area contributed by atoms with Gasteiger partial charge in [0.1, 0.15) is 0 Å². The number of fused-ring (bicyclic) bond motifs is 1. The fraction of sp³-hybridized carbons (Fsp3) is 0.118. The summed E-state index contributed by atoms with van der Waals surface area (Å²) in [5, 5.41) is 4.48. The zero-order chi connectivity index (χ0) is 16.4. The molecule has 0 radical (unpaired) electrons. The number of carbonyl (C=O) groups is 1. The number of carbonyl (C=O) groups excluding carboxylic acids is 1. The third kappa shape index (κ3) is 3.34.